The second-order valence-corrected chi connectivity index (χ2v) is 8.24. The van der Waals surface area contributed by atoms with Gasteiger partial charge in [0, 0.05) is 37.5 Å². The van der Waals surface area contributed by atoms with Crippen LogP contribution in [0.2, 0.25) is 0 Å². The Kier molecular flexibility index (Phi) is 14.0. The van der Waals surface area contributed by atoms with Crippen molar-refractivity contribution in [2.45, 2.75) is 89.1 Å². The summed E-state index contributed by atoms with van der Waals surface area (Å²) in [6, 6.07) is 0. The van der Waals surface area contributed by atoms with E-state index in [1.54, 1.807) is 0 Å². The van der Waals surface area contributed by atoms with Crippen LogP contribution in [0.3, 0.4) is 0 Å². The summed E-state index contributed by atoms with van der Waals surface area (Å²) in [5.74, 6) is -3.05. The van der Waals surface area contributed by atoms with Crippen molar-refractivity contribution in [1.82, 2.24) is 0 Å². The number of carbonyl (C=O) groups excluding carboxylic acids is 4. The lowest BCUT2D eigenvalue weighted by Gasteiger charge is -2.43. The van der Waals surface area contributed by atoms with E-state index < -0.39 is 85.3 Å². The van der Waals surface area contributed by atoms with Crippen molar-refractivity contribution in [3.05, 3.63) is 20.9 Å². The molecular formula is C20H30N6O14. The third-order valence-electron chi connectivity index (χ3n) is 5.12. The molecular weight excluding hydrogens is 548 g/mol. The summed E-state index contributed by atoms with van der Waals surface area (Å²) in [6.45, 7) is 3.83. The highest BCUT2D eigenvalue weighted by Crippen LogP contribution is 2.30. The van der Waals surface area contributed by atoms with Crippen LogP contribution >= 0.6 is 0 Å². The fraction of sp³-hybridized carbons (Fsp3) is 0.800. The van der Waals surface area contributed by atoms with Crippen molar-refractivity contribution >= 4 is 23.9 Å². The molecule has 10 unspecified atom stereocenters. The van der Waals surface area contributed by atoms with E-state index in [0.29, 0.717) is 0 Å². The van der Waals surface area contributed by atoms with Crippen LogP contribution in [0.5, 0.6) is 0 Å². The lowest BCUT2D eigenvalue weighted by atomic mass is 9.97. The molecule has 0 bridgehead atoms. The lowest BCUT2D eigenvalue weighted by Crippen LogP contribution is -2.62. The molecule has 0 saturated carbocycles. The van der Waals surface area contributed by atoms with Crippen molar-refractivity contribution in [3.63, 3.8) is 0 Å². The molecule has 224 valence electrons. The van der Waals surface area contributed by atoms with E-state index >= 15 is 0 Å². The highest BCUT2D eigenvalue weighted by Gasteiger charge is 2.53. The minimum Gasteiger partial charge on any atom is -0.456 e. The Morgan fingerprint density at radius 3 is 1.57 bits per heavy atom. The fourth-order valence-electron chi connectivity index (χ4n) is 3.58. The predicted molar refractivity (Wildman–Crippen MR) is 124 cm³/mol. The zero-order valence-corrected chi connectivity index (χ0v) is 21.7. The van der Waals surface area contributed by atoms with Gasteiger partial charge < -0.3 is 48.8 Å². The quantitative estimate of drug-likeness (QED) is 0.0835. The smallest absolute Gasteiger partial charge is 0.305 e. The lowest BCUT2D eigenvalue weighted by molar-refractivity contribution is -0.293. The highest BCUT2D eigenvalue weighted by atomic mass is 16.7. The Labute approximate surface area is 225 Å². The topological polar surface area (TPSA) is 302 Å². The Morgan fingerprint density at radius 2 is 1.10 bits per heavy atom. The number of aliphatic hydroxyl groups excluding tert-OH is 4. The third kappa shape index (κ3) is 10.4. The van der Waals surface area contributed by atoms with E-state index in [1.165, 1.54) is 0 Å². The molecule has 2 fully saturated rings. The summed E-state index contributed by atoms with van der Waals surface area (Å²) in [5.41, 5.74) is 16.5. The predicted octanol–water partition coefficient (Wildman–Crippen LogP) is -1.52. The molecule has 0 aromatic rings. The highest BCUT2D eigenvalue weighted by molar-refractivity contribution is 5.69. The van der Waals surface area contributed by atoms with Crippen LogP contribution in [-0.4, -0.2) is 119 Å². The summed E-state index contributed by atoms with van der Waals surface area (Å²) in [6.07, 6.45) is -13.7. The number of esters is 4. The van der Waals surface area contributed by atoms with Crippen molar-refractivity contribution in [2.24, 2.45) is 10.2 Å². The molecule has 20 heteroatoms. The number of nitrogens with zero attached hydrogens (tertiary/aromatic N) is 6. The average molecular weight is 578 g/mol. The van der Waals surface area contributed by atoms with E-state index in [0.717, 1.165) is 27.7 Å². The van der Waals surface area contributed by atoms with Crippen molar-refractivity contribution in [2.75, 3.05) is 13.1 Å². The molecule has 20 nitrogen and oxygen atoms in total. The third-order valence-corrected chi connectivity index (χ3v) is 5.12. The molecule has 10 atom stereocenters. The van der Waals surface area contributed by atoms with Gasteiger partial charge in [-0.15, -0.1) is 0 Å². The number of aliphatic hydroxyl groups is 4. The van der Waals surface area contributed by atoms with Crippen LogP contribution in [0.15, 0.2) is 10.2 Å². The Hall–Kier alpha value is -3.74. The fourth-order valence-corrected chi connectivity index (χ4v) is 3.58. The first kappa shape index (κ1) is 34.3. The average Bonchev–Trinajstić information content (AvgIpc) is 2.86. The number of hydrogen-bond acceptors (Lipinski definition) is 16. The van der Waals surface area contributed by atoms with Crippen molar-refractivity contribution < 1.29 is 68.0 Å². The van der Waals surface area contributed by atoms with Gasteiger partial charge in [0.25, 0.3) is 0 Å². The number of ether oxygens (including phenoxy) is 6. The molecule has 0 aliphatic carbocycles. The normalized spacial score (nSPS) is 32.9. The standard InChI is InChI=1S/C14H19N3O9.C6H11N3O5/c1-6(18)22-11-10(5-16-17-15)26-14(25-9(4)21)13(24-8(3)20)12(11)23-7(2)19;7-9-8-1-2-3(10)4(11)5(12)6(13)14-2/h10-14H,5H2,1-4H3;2-6,10-13H,1H2. The first-order valence-electron chi connectivity index (χ1n) is 11.5. The zero-order chi connectivity index (χ0) is 30.6. The van der Waals surface area contributed by atoms with E-state index in [1.807, 2.05) is 0 Å². The van der Waals surface area contributed by atoms with Gasteiger partial charge in [0.15, 0.2) is 18.5 Å². The van der Waals surface area contributed by atoms with E-state index in [9.17, 15) is 29.4 Å². The Balaban J connectivity index is 0.000000479. The second-order valence-electron chi connectivity index (χ2n) is 8.24. The number of hydrogen-bond donors (Lipinski definition) is 4. The van der Waals surface area contributed by atoms with Gasteiger partial charge in [-0.05, 0) is 11.1 Å². The number of carbonyl (C=O) groups is 4. The molecule has 2 saturated heterocycles. The first-order valence-corrected chi connectivity index (χ1v) is 11.5. The summed E-state index contributed by atoms with van der Waals surface area (Å²) in [7, 11) is 0. The molecule has 0 radical (unpaired) electrons. The van der Waals surface area contributed by atoms with Crippen LogP contribution in [0, 0.1) is 0 Å². The maximum atomic E-state index is 11.5. The molecule has 0 amide bonds. The summed E-state index contributed by atoms with van der Waals surface area (Å²) < 4.78 is 30.5. The van der Waals surface area contributed by atoms with Gasteiger partial charge in [-0.1, -0.05) is 10.2 Å². The van der Waals surface area contributed by atoms with Crippen molar-refractivity contribution in [1.29, 1.82) is 0 Å². The second kappa shape index (κ2) is 16.4. The molecule has 2 heterocycles. The van der Waals surface area contributed by atoms with Crippen LogP contribution in [-0.2, 0) is 47.6 Å². The van der Waals surface area contributed by atoms with Gasteiger partial charge in [0.2, 0.25) is 12.4 Å². The molecule has 0 aromatic heterocycles. The largest absolute Gasteiger partial charge is 0.456 e. The SMILES string of the molecule is CC(=O)OC1OC(CN=[N+]=[N-])C(OC(C)=O)C(OC(C)=O)C1OC(C)=O.[N-]=[N+]=NCC1OC(O)C(O)C(O)C1O. The maximum Gasteiger partial charge on any atom is 0.305 e. The van der Waals surface area contributed by atoms with E-state index in [2.05, 4.69) is 20.1 Å². The van der Waals surface area contributed by atoms with Gasteiger partial charge in [-0.2, -0.15) is 0 Å². The van der Waals surface area contributed by atoms with Gasteiger partial charge in [0.1, 0.15) is 24.4 Å². The molecule has 2 rings (SSSR count). The summed E-state index contributed by atoms with van der Waals surface area (Å²) in [5, 5.41) is 43.1. The Bertz CT molecular complexity index is 972. The van der Waals surface area contributed by atoms with Crippen molar-refractivity contribution in [3.8, 4) is 0 Å². The maximum absolute atomic E-state index is 11.5. The molecule has 40 heavy (non-hydrogen) atoms. The number of azide groups is 2. The molecule has 0 spiro atoms. The van der Waals surface area contributed by atoms with E-state index in [-0.39, 0.29) is 13.1 Å². The van der Waals surface area contributed by atoms with Crippen LogP contribution in [0.25, 0.3) is 20.9 Å². The molecule has 2 aliphatic heterocycles. The van der Waals surface area contributed by atoms with Crippen LogP contribution < -0.4 is 0 Å². The Morgan fingerprint density at radius 1 is 0.650 bits per heavy atom. The van der Waals surface area contributed by atoms with Gasteiger partial charge in [-0.3, -0.25) is 19.2 Å². The molecule has 0 aromatic carbocycles. The summed E-state index contributed by atoms with van der Waals surface area (Å²) >= 11 is 0. The van der Waals surface area contributed by atoms with Gasteiger partial charge in [0.05, 0.1) is 19.2 Å². The van der Waals surface area contributed by atoms with E-state index in [4.69, 9.17) is 49.7 Å². The minimum atomic E-state index is -1.59. The number of rotatable bonds is 8. The molecule has 2 aliphatic rings. The molecule has 4 N–H and O–H groups in total. The van der Waals surface area contributed by atoms with Gasteiger partial charge >= 0.3 is 23.9 Å². The van der Waals surface area contributed by atoms with Crippen LogP contribution in [0.4, 0.5) is 0 Å². The van der Waals surface area contributed by atoms with Gasteiger partial charge in [-0.25, -0.2) is 0 Å². The first-order chi connectivity index (χ1) is 18.7. The van der Waals surface area contributed by atoms with Crippen LogP contribution in [0.1, 0.15) is 27.7 Å². The zero-order valence-electron chi connectivity index (χ0n) is 21.7. The minimum absolute atomic E-state index is 0.224. The summed E-state index contributed by atoms with van der Waals surface area (Å²) in [4.78, 5) is 50.7. The monoisotopic (exact) mass is 578 g/mol.